The van der Waals surface area contributed by atoms with Crippen LogP contribution in [0.1, 0.15) is 36.8 Å². The summed E-state index contributed by atoms with van der Waals surface area (Å²) < 4.78 is 0. The van der Waals surface area contributed by atoms with Crippen LogP contribution in [0.3, 0.4) is 0 Å². The summed E-state index contributed by atoms with van der Waals surface area (Å²) in [6.45, 7) is 6.82. The van der Waals surface area contributed by atoms with Gasteiger partial charge in [-0.15, -0.1) is 23.5 Å². The molecule has 8 heteroatoms. The maximum absolute atomic E-state index is 11.8. The fourth-order valence-corrected chi connectivity index (χ4v) is 5.01. The second-order valence-electron chi connectivity index (χ2n) is 8.01. The van der Waals surface area contributed by atoms with Crippen molar-refractivity contribution in [3.05, 3.63) is 59.7 Å². The smallest absolute Gasteiger partial charge is 0.314 e. The summed E-state index contributed by atoms with van der Waals surface area (Å²) in [6, 6.07) is 16.3. The van der Waals surface area contributed by atoms with Gasteiger partial charge in [0, 0.05) is 47.5 Å². The molecule has 6 nitrogen and oxygen atoms in total. The van der Waals surface area contributed by atoms with Crippen LogP contribution in [0.5, 0.6) is 0 Å². The van der Waals surface area contributed by atoms with Crippen LogP contribution in [-0.4, -0.2) is 49.7 Å². The first-order valence-corrected chi connectivity index (χ1v) is 13.9. The van der Waals surface area contributed by atoms with E-state index in [1.54, 1.807) is 23.5 Å². The van der Waals surface area contributed by atoms with Gasteiger partial charge in [0.15, 0.2) is 0 Å². The fraction of sp³-hybridized carbons (Fsp3) is 0.462. The van der Waals surface area contributed by atoms with E-state index in [0.717, 1.165) is 37.2 Å². The largest absolute Gasteiger partial charge is 0.338 e. The highest BCUT2D eigenvalue weighted by atomic mass is 32.2. The molecule has 0 saturated carbocycles. The number of amides is 4. The number of nitrogens with one attached hydrogen (secondary N) is 4. The van der Waals surface area contributed by atoms with Crippen molar-refractivity contribution < 1.29 is 9.59 Å². The summed E-state index contributed by atoms with van der Waals surface area (Å²) in [6.07, 6.45) is 3.93. The lowest BCUT2D eigenvalue weighted by Gasteiger charge is -2.09. The number of thioether (sulfide) groups is 2. The number of carbonyl (C=O) groups excluding carboxylic acids is 2. The molecule has 0 aliphatic rings. The van der Waals surface area contributed by atoms with E-state index in [1.165, 1.54) is 20.9 Å². The van der Waals surface area contributed by atoms with Crippen LogP contribution in [0, 0.1) is 13.8 Å². The average molecular weight is 503 g/mol. The number of rotatable bonds is 15. The average Bonchev–Trinajstić information content (AvgIpc) is 2.83. The molecule has 0 heterocycles. The summed E-state index contributed by atoms with van der Waals surface area (Å²) in [5.74, 6) is 1.70. The molecule has 2 rings (SSSR count). The Morgan fingerprint density at radius 1 is 0.588 bits per heavy atom. The SMILES string of the molecule is Cc1ccccc1SCCNC(=O)NCCCCCCNC(=O)NCCSc1ccccc1C. The highest BCUT2D eigenvalue weighted by Gasteiger charge is 2.02. The van der Waals surface area contributed by atoms with Crippen molar-refractivity contribution in [1.82, 2.24) is 21.3 Å². The van der Waals surface area contributed by atoms with Crippen molar-refractivity contribution in [2.24, 2.45) is 0 Å². The van der Waals surface area contributed by atoms with E-state index >= 15 is 0 Å². The second kappa shape index (κ2) is 17.2. The lowest BCUT2D eigenvalue weighted by Crippen LogP contribution is -2.37. The summed E-state index contributed by atoms with van der Waals surface area (Å²) >= 11 is 3.51. The van der Waals surface area contributed by atoms with E-state index in [2.05, 4.69) is 59.4 Å². The minimum Gasteiger partial charge on any atom is -0.338 e. The minimum atomic E-state index is -0.107. The molecule has 0 spiro atoms. The lowest BCUT2D eigenvalue weighted by atomic mass is 10.2. The van der Waals surface area contributed by atoms with Gasteiger partial charge in [-0.05, 0) is 49.9 Å². The van der Waals surface area contributed by atoms with E-state index in [0.29, 0.717) is 26.2 Å². The molecule has 186 valence electrons. The molecule has 0 atom stereocenters. The third kappa shape index (κ3) is 12.2. The highest BCUT2D eigenvalue weighted by molar-refractivity contribution is 7.99. The molecule has 0 aliphatic heterocycles. The quantitative estimate of drug-likeness (QED) is 0.196. The molecule has 0 aromatic heterocycles. The molecule has 0 fully saturated rings. The van der Waals surface area contributed by atoms with E-state index < -0.39 is 0 Å². The molecule has 0 unspecified atom stereocenters. The van der Waals surface area contributed by atoms with Crippen LogP contribution in [0.25, 0.3) is 0 Å². The van der Waals surface area contributed by atoms with Gasteiger partial charge in [-0.2, -0.15) is 0 Å². The first-order chi connectivity index (χ1) is 16.6. The molecular formula is C26H38N4O2S2. The van der Waals surface area contributed by atoms with E-state index in [-0.39, 0.29) is 12.1 Å². The summed E-state index contributed by atoms with van der Waals surface area (Å²) in [5, 5.41) is 11.6. The first-order valence-electron chi connectivity index (χ1n) is 12.0. The summed E-state index contributed by atoms with van der Waals surface area (Å²) in [5.41, 5.74) is 2.53. The van der Waals surface area contributed by atoms with E-state index in [1.807, 2.05) is 24.3 Å². The van der Waals surface area contributed by atoms with Gasteiger partial charge in [-0.25, -0.2) is 9.59 Å². The number of aryl methyl sites for hydroxylation is 2. The monoisotopic (exact) mass is 502 g/mol. The standard InChI is InChI=1S/C26H38N4O2S2/c1-21-11-5-7-13-23(21)33-19-17-29-25(31)27-15-9-3-4-10-16-28-26(32)30-18-20-34-24-14-8-6-12-22(24)2/h5-8,11-14H,3-4,9-10,15-20H2,1-2H3,(H2,27,29,31)(H2,28,30,32). The number of hydrogen-bond acceptors (Lipinski definition) is 4. The zero-order valence-electron chi connectivity index (χ0n) is 20.3. The molecule has 0 bridgehead atoms. The summed E-state index contributed by atoms with van der Waals surface area (Å²) in [7, 11) is 0. The van der Waals surface area contributed by atoms with Gasteiger partial charge in [0.1, 0.15) is 0 Å². The van der Waals surface area contributed by atoms with Crippen molar-refractivity contribution in [2.75, 3.05) is 37.7 Å². The van der Waals surface area contributed by atoms with Crippen molar-refractivity contribution in [3.8, 4) is 0 Å². The predicted octanol–water partition coefficient (Wildman–Crippen LogP) is 5.35. The maximum atomic E-state index is 11.8. The molecule has 0 radical (unpaired) electrons. The van der Waals surface area contributed by atoms with E-state index in [4.69, 9.17) is 0 Å². The third-order valence-corrected chi connectivity index (χ3v) is 7.51. The Hall–Kier alpha value is -2.32. The van der Waals surface area contributed by atoms with Crippen LogP contribution in [0.15, 0.2) is 58.3 Å². The molecule has 4 amide bonds. The van der Waals surface area contributed by atoms with Crippen molar-refractivity contribution in [2.45, 2.75) is 49.3 Å². The van der Waals surface area contributed by atoms with Gasteiger partial charge in [0.25, 0.3) is 0 Å². The lowest BCUT2D eigenvalue weighted by molar-refractivity contribution is 0.240. The number of benzene rings is 2. The predicted molar refractivity (Wildman–Crippen MR) is 145 cm³/mol. The fourth-order valence-electron chi connectivity index (χ4n) is 3.22. The Labute approximate surface area is 212 Å². The van der Waals surface area contributed by atoms with Gasteiger partial charge in [0.2, 0.25) is 0 Å². The molecule has 0 aliphatic carbocycles. The normalized spacial score (nSPS) is 10.5. The van der Waals surface area contributed by atoms with Crippen LogP contribution < -0.4 is 21.3 Å². The van der Waals surface area contributed by atoms with Crippen LogP contribution in [0.4, 0.5) is 9.59 Å². The van der Waals surface area contributed by atoms with Crippen LogP contribution in [0.2, 0.25) is 0 Å². The van der Waals surface area contributed by atoms with Crippen molar-refractivity contribution >= 4 is 35.6 Å². The molecule has 2 aromatic rings. The van der Waals surface area contributed by atoms with Gasteiger partial charge >= 0.3 is 12.1 Å². The number of carbonyl (C=O) groups is 2. The Kier molecular flexibility index (Phi) is 14.1. The molecule has 34 heavy (non-hydrogen) atoms. The van der Waals surface area contributed by atoms with E-state index in [9.17, 15) is 9.59 Å². The molecular weight excluding hydrogens is 464 g/mol. The Morgan fingerprint density at radius 2 is 0.971 bits per heavy atom. The minimum absolute atomic E-state index is 0.107. The topological polar surface area (TPSA) is 82.3 Å². The Bertz CT molecular complexity index is 808. The molecule has 0 saturated heterocycles. The Morgan fingerprint density at radius 3 is 1.38 bits per heavy atom. The van der Waals surface area contributed by atoms with Crippen LogP contribution >= 0.6 is 23.5 Å². The van der Waals surface area contributed by atoms with Gasteiger partial charge < -0.3 is 21.3 Å². The molecule has 2 aromatic carbocycles. The third-order valence-electron chi connectivity index (χ3n) is 5.15. The number of hydrogen-bond donors (Lipinski definition) is 4. The van der Waals surface area contributed by atoms with Gasteiger partial charge in [0.05, 0.1) is 0 Å². The first kappa shape index (κ1) is 27.9. The second-order valence-corrected chi connectivity index (χ2v) is 10.3. The maximum Gasteiger partial charge on any atom is 0.314 e. The van der Waals surface area contributed by atoms with Gasteiger partial charge in [-0.1, -0.05) is 49.2 Å². The highest BCUT2D eigenvalue weighted by Crippen LogP contribution is 2.21. The number of unbranched alkanes of at least 4 members (excludes halogenated alkanes) is 3. The van der Waals surface area contributed by atoms with Crippen molar-refractivity contribution in [1.29, 1.82) is 0 Å². The molecule has 4 N–H and O–H groups in total. The van der Waals surface area contributed by atoms with Crippen molar-refractivity contribution in [3.63, 3.8) is 0 Å². The van der Waals surface area contributed by atoms with Gasteiger partial charge in [-0.3, -0.25) is 0 Å². The Balaban J connectivity index is 1.36. The zero-order chi connectivity index (χ0) is 24.4. The summed E-state index contributed by atoms with van der Waals surface area (Å²) in [4.78, 5) is 26.2. The zero-order valence-corrected chi connectivity index (χ0v) is 22.0. The number of urea groups is 2. The van der Waals surface area contributed by atoms with Crippen LogP contribution in [-0.2, 0) is 0 Å².